The Morgan fingerprint density at radius 3 is 2.00 bits per heavy atom. The number of esters is 1. The van der Waals surface area contributed by atoms with Gasteiger partial charge in [0.2, 0.25) is 0 Å². The van der Waals surface area contributed by atoms with Crippen LogP contribution >= 0.6 is 0 Å². The average Bonchev–Trinajstić information content (AvgIpc) is 2.10. The summed E-state index contributed by atoms with van der Waals surface area (Å²) in [5.74, 6) is -0.953. The Labute approximate surface area is 90.0 Å². The maximum absolute atomic E-state index is 10.6. The largest absolute Gasteiger partial charge is 1.00 e. The van der Waals surface area contributed by atoms with Crippen LogP contribution in [0.4, 0.5) is 0 Å². The van der Waals surface area contributed by atoms with Gasteiger partial charge in [-0.2, -0.15) is 0 Å². The van der Waals surface area contributed by atoms with Crippen LogP contribution in [0.15, 0.2) is 0 Å². The van der Waals surface area contributed by atoms with E-state index in [1.54, 1.807) is 0 Å². The van der Waals surface area contributed by atoms with Gasteiger partial charge in [0.05, 0.1) is 7.11 Å². The van der Waals surface area contributed by atoms with Gasteiger partial charge in [0.15, 0.2) is 0 Å². The highest BCUT2D eigenvalue weighted by atomic mass is 35.5. The second-order valence-electron chi connectivity index (χ2n) is 2.88. The molecule has 0 spiro atoms. The minimum Gasteiger partial charge on any atom is -1.00 e. The Morgan fingerprint density at radius 2 is 1.57 bits per heavy atom. The molecule has 5 heteroatoms. The van der Waals surface area contributed by atoms with Gasteiger partial charge in [-0.25, -0.2) is 0 Å². The lowest BCUT2D eigenvalue weighted by atomic mass is 10.1. The van der Waals surface area contributed by atoms with Gasteiger partial charge >= 0.3 is 11.9 Å². The lowest BCUT2D eigenvalue weighted by Gasteiger charge is -1.98. The molecule has 0 aliphatic rings. The summed E-state index contributed by atoms with van der Waals surface area (Å²) in [7, 11) is 1.37. The molecule has 0 bridgehead atoms. The number of rotatable bonds is 7. The van der Waals surface area contributed by atoms with Crippen molar-refractivity contribution < 1.29 is 31.8 Å². The average molecular weight is 224 g/mol. The van der Waals surface area contributed by atoms with E-state index in [4.69, 9.17) is 5.11 Å². The quantitative estimate of drug-likeness (QED) is 0.426. The minimum atomic E-state index is -0.757. The monoisotopic (exact) mass is 223 g/mol. The van der Waals surface area contributed by atoms with E-state index in [1.165, 1.54) is 7.11 Å². The third kappa shape index (κ3) is 11.2. The molecule has 0 aromatic heterocycles. The molecule has 0 rings (SSSR count). The molecule has 0 radical (unpaired) electrons. The zero-order valence-electron chi connectivity index (χ0n) is 8.29. The van der Waals surface area contributed by atoms with Crippen molar-refractivity contribution in [3.63, 3.8) is 0 Å². The van der Waals surface area contributed by atoms with Crippen LogP contribution in [-0.4, -0.2) is 24.2 Å². The normalized spacial score (nSPS) is 8.93. The first-order valence-corrected chi connectivity index (χ1v) is 4.45. The van der Waals surface area contributed by atoms with Gasteiger partial charge in [0.1, 0.15) is 0 Å². The fourth-order valence-corrected chi connectivity index (χ4v) is 1.00. The number of carboxylic acid groups (broad SMARTS) is 1. The van der Waals surface area contributed by atoms with Crippen LogP contribution in [0, 0.1) is 0 Å². The summed E-state index contributed by atoms with van der Waals surface area (Å²) in [6, 6.07) is 0. The van der Waals surface area contributed by atoms with Gasteiger partial charge in [0, 0.05) is 12.8 Å². The summed E-state index contributed by atoms with van der Waals surface area (Å²) in [4.78, 5) is 20.7. The molecule has 0 unspecified atom stereocenters. The maximum Gasteiger partial charge on any atom is 0.305 e. The maximum atomic E-state index is 10.6. The van der Waals surface area contributed by atoms with Crippen LogP contribution in [0.25, 0.3) is 0 Å². The number of carbonyl (C=O) groups excluding carboxylic acids is 1. The van der Waals surface area contributed by atoms with E-state index in [0.717, 1.165) is 19.3 Å². The number of ether oxygens (including phenoxy) is 1. The van der Waals surface area contributed by atoms with Crippen molar-refractivity contribution in [2.75, 3.05) is 7.11 Å². The number of aliphatic carboxylic acids is 1. The molecule has 0 aliphatic heterocycles. The van der Waals surface area contributed by atoms with E-state index in [2.05, 4.69) is 4.74 Å². The van der Waals surface area contributed by atoms with Crippen LogP contribution in [-0.2, 0) is 14.3 Å². The number of hydrogen-bond acceptors (Lipinski definition) is 3. The number of halogens is 1. The molecule has 1 N–H and O–H groups in total. The summed E-state index contributed by atoms with van der Waals surface area (Å²) in [6.45, 7) is 0. The van der Waals surface area contributed by atoms with E-state index in [0.29, 0.717) is 12.8 Å². The van der Waals surface area contributed by atoms with E-state index >= 15 is 0 Å². The van der Waals surface area contributed by atoms with Gasteiger partial charge in [-0.1, -0.05) is 12.8 Å². The zero-order valence-corrected chi connectivity index (χ0v) is 9.05. The van der Waals surface area contributed by atoms with Gasteiger partial charge in [-0.15, -0.1) is 0 Å². The van der Waals surface area contributed by atoms with Crippen LogP contribution in [0.2, 0.25) is 0 Å². The summed E-state index contributed by atoms with van der Waals surface area (Å²) < 4.78 is 4.46. The first-order chi connectivity index (χ1) is 6.16. The van der Waals surface area contributed by atoms with Crippen molar-refractivity contribution in [1.29, 1.82) is 0 Å². The van der Waals surface area contributed by atoms with E-state index < -0.39 is 5.97 Å². The second-order valence-corrected chi connectivity index (χ2v) is 2.88. The number of carboxylic acids is 1. The van der Waals surface area contributed by atoms with Gasteiger partial charge in [-0.05, 0) is 12.8 Å². The Hall–Kier alpha value is -0.770. The van der Waals surface area contributed by atoms with Crippen LogP contribution in [0.1, 0.15) is 38.5 Å². The topological polar surface area (TPSA) is 63.6 Å². The predicted octanol–water partition coefficient (Wildman–Crippen LogP) is -1.41. The van der Waals surface area contributed by atoms with Crippen molar-refractivity contribution in [2.24, 2.45) is 0 Å². The van der Waals surface area contributed by atoms with Crippen molar-refractivity contribution in [1.82, 2.24) is 0 Å². The molecule has 0 heterocycles. The Morgan fingerprint density at radius 1 is 1.07 bits per heavy atom. The fraction of sp³-hybridized carbons (Fsp3) is 0.778. The van der Waals surface area contributed by atoms with Crippen LogP contribution in [0.3, 0.4) is 0 Å². The van der Waals surface area contributed by atoms with Crippen molar-refractivity contribution >= 4 is 11.9 Å². The summed E-state index contributed by atoms with van der Waals surface area (Å²) in [5.41, 5.74) is 0. The minimum absolute atomic E-state index is 0. The molecule has 0 amide bonds. The van der Waals surface area contributed by atoms with Crippen molar-refractivity contribution in [2.45, 2.75) is 38.5 Å². The zero-order chi connectivity index (χ0) is 10.1. The SMILES string of the molecule is COC(=O)CCCCCCC(=O)O.[Cl-]. The first-order valence-electron chi connectivity index (χ1n) is 4.45. The second kappa shape index (κ2) is 10.3. The molecule has 0 aromatic rings. The molecule has 0 saturated carbocycles. The molecule has 0 fully saturated rings. The number of carbonyl (C=O) groups is 2. The molecule has 0 atom stereocenters. The predicted molar refractivity (Wildman–Crippen MR) is 47.4 cm³/mol. The van der Waals surface area contributed by atoms with Gasteiger partial charge in [-0.3, -0.25) is 9.59 Å². The summed E-state index contributed by atoms with van der Waals surface area (Å²) in [6.07, 6.45) is 3.89. The Bertz CT molecular complexity index is 170. The molecular weight excluding hydrogens is 208 g/mol. The third-order valence-corrected chi connectivity index (χ3v) is 1.75. The highest BCUT2D eigenvalue weighted by Crippen LogP contribution is 2.05. The molecule has 4 nitrogen and oxygen atoms in total. The Kier molecular flexibility index (Phi) is 11.6. The first kappa shape index (κ1) is 15.7. The molecular formula is C9H16ClO4-. The smallest absolute Gasteiger partial charge is 0.305 e. The summed E-state index contributed by atoms with van der Waals surface area (Å²) >= 11 is 0. The lowest BCUT2D eigenvalue weighted by molar-refractivity contribution is -0.141. The standard InChI is InChI=1S/C9H16O4.ClH/c1-13-9(12)7-5-3-2-4-6-8(10)11;/h2-7H2,1H3,(H,10,11);1H/p-1. The molecule has 0 aliphatic carbocycles. The summed E-state index contributed by atoms with van der Waals surface area (Å²) in [5, 5.41) is 8.32. The van der Waals surface area contributed by atoms with Crippen LogP contribution < -0.4 is 12.4 Å². The number of unbranched alkanes of at least 4 members (excludes halogenated alkanes) is 3. The van der Waals surface area contributed by atoms with E-state index in [9.17, 15) is 9.59 Å². The molecule has 14 heavy (non-hydrogen) atoms. The third-order valence-electron chi connectivity index (χ3n) is 1.75. The molecule has 0 saturated heterocycles. The van der Waals surface area contributed by atoms with Gasteiger partial charge in [0.25, 0.3) is 0 Å². The fourth-order valence-electron chi connectivity index (χ4n) is 1.00. The van der Waals surface area contributed by atoms with Crippen LogP contribution in [0.5, 0.6) is 0 Å². The number of hydrogen-bond donors (Lipinski definition) is 1. The van der Waals surface area contributed by atoms with Crippen molar-refractivity contribution in [3.8, 4) is 0 Å². The lowest BCUT2D eigenvalue weighted by Crippen LogP contribution is -3.00. The van der Waals surface area contributed by atoms with E-state index in [1.807, 2.05) is 0 Å². The van der Waals surface area contributed by atoms with Crippen molar-refractivity contribution in [3.05, 3.63) is 0 Å². The molecule has 84 valence electrons. The Balaban J connectivity index is 0. The highest BCUT2D eigenvalue weighted by Gasteiger charge is 2.00. The molecule has 0 aromatic carbocycles. The van der Waals surface area contributed by atoms with E-state index in [-0.39, 0.29) is 24.8 Å². The number of methoxy groups -OCH3 is 1. The van der Waals surface area contributed by atoms with Gasteiger partial charge < -0.3 is 22.3 Å². The highest BCUT2D eigenvalue weighted by molar-refractivity contribution is 5.69.